The number of hydrogen-bond donors (Lipinski definition) is 1. The fourth-order valence-corrected chi connectivity index (χ4v) is 3.46. The zero-order valence-corrected chi connectivity index (χ0v) is 16.2. The van der Waals surface area contributed by atoms with Crippen molar-refractivity contribution in [2.45, 2.75) is 0 Å². The van der Waals surface area contributed by atoms with Crippen molar-refractivity contribution in [1.82, 2.24) is 14.9 Å². The van der Waals surface area contributed by atoms with Gasteiger partial charge in [0.2, 0.25) is 0 Å². The first-order valence-electron chi connectivity index (χ1n) is 9.69. The lowest BCUT2D eigenvalue weighted by atomic mass is 10.1. The number of amides is 1. The second-order valence-corrected chi connectivity index (χ2v) is 7.15. The van der Waals surface area contributed by atoms with Gasteiger partial charge < -0.3 is 24.8 Å². The number of anilines is 3. The largest absolute Gasteiger partial charge is 0.378 e. The summed E-state index contributed by atoms with van der Waals surface area (Å²) >= 11 is 0. The molecule has 8 nitrogen and oxygen atoms in total. The summed E-state index contributed by atoms with van der Waals surface area (Å²) in [5.41, 5.74) is 1.72. The molecule has 8 heteroatoms. The summed E-state index contributed by atoms with van der Waals surface area (Å²) in [6, 6.07) is 9.50. The number of nitrogens with zero attached hydrogens (tertiary/aromatic N) is 5. The Balaban J connectivity index is 1.40. The van der Waals surface area contributed by atoms with Crippen molar-refractivity contribution in [3.8, 4) is 0 Å². The second-order valence-electron chi connectivity index (χ2n) is 7.15. The van der Waals surface area contributed by atoms with E-state index in [4.69, 9.17) is 4.74 Å². The van der Waals surface area contributed by atoms with E-state index in [1.54, 1.807) is 0 Å². The third kappa shape index (κ3) is 4.40. The van der Waals surface area contributed by atoms with Gasteiger partial charge in [-0.2, -0.15) is 0 Å². The number of benzene rings is 1. The molecule has 0 bridgehead atoms. The van der Waals surface area contributed by atoms with Gasteiger partial charge in [-0.3, -0.25) is 4.79 Å². The summed E-state index contributed by atoms with van der Waals surface area (Å²) in [5, 5.41) is 2.88. The van der Waals surface area contributed by atoms with Gasteiger partial charge in [0.05, 0.1) is 13.2 Å². The minimum Gasteiger partial charge on any atom is -0.378 e. The zero-order chi connectivity index (χ0) is 19.3. The van der Waals surface area contributed by atoms with Gasteiger partial charge in [0.1, 0.15) is 18.0 Å². The molecule has 0 spiro atoms. The molecule has 3 heterocycles. The highest BCUT2D eigenvalue weighted by Gasteiger charge is 2.17. The quantitative estimate of drug-likeness (QED) is 0.855. The number of hydrogen-bond acceptors (Lipinski definition) is 7. The fraction of sp³-hybridized carbons (Fsp3) is 0.450. The van der Waals surface area contributed by atoms with Gasteiger partial charge in [-0.1, -0.05) is 0 Å². The standard InChI is InChI=1S/C20H26N6O2/c1-24-6-8-26(9-7-24)19-14-18(21-15-22-19)23-20(27)16-2-4-17(5-3-16)25-10-12-28-13-11-25/h2-5,14-15H,6-13H2,1H3,(H,21,22,23,27). The lowest BCUT2D eigenvalue weighted by Gasteiger charge is -2.33. The number of ether oxygens (including phenoxy) is 1. The Morgan fingerprint density at radius 3 is 2.39 bits per heavy atom. The Morgan fingerprint density at radius 1 is 0.964 bits per heavy atom. The molecule has 1 aromatic heterocycles. The van der Waals surface area contributed by atoms with Crippen LogP contribution in [0.1, 0.15) is 10.4 Å². The third-order valence-corrected chi connectivity index (χ3v) is 5.23. The maximum Gasteiger partial charge on any atom is 0.256 e. The molecule has 1 amide bonds. The Kier molecular flexibility index (Phi) is 5.68. The summed E-state index contributed by atoms with van der Waals surface area (Å²) in [6.07, 6.45) is 1.50. The molecule has 1 N–H and O–H groups in total. The van der Waals surface area contributed by atoms with Gasteiger partial charge in [-0.25, -0.2) is 9.97 Å². The summed E-state index contributed by atoms with van der Waals surface area (Å²) in [6.45, 7) is 7.08. The van der Waals surface area contributed by atoms with Gasteiger partial charge in [-0.05, 0) is 31.3 Å². The van der Waals surface area contributed by atoms with Gasteiger partial charge in [0.15, 0.2) is 0 Å². The van der Waals surface area contributed by atoms with Crippen molar-refractivity contribution in [3.05, 3.63) is 42.2 Å². The number of piperazine rings is 1. The van der Waals surface area contributed by atoms with E-state index < -0.39 is 0 Å². The average Bonchev–Trinajstić information content (AvgIpc) is 2.75. The molecule has 0 saturated carbocycles. The second kappa shape index (κ2) is 8.53. The lowest BCUT2D eigenvalue weighted by molar-refractivity contribution is 0.102. The van der Waals surface area contributed by atoms with Crippen LogP contribution in [0.2, 0.25) is 0 Å². The molecule has 148 valence electrons. The Hall–Kier alpha value is -2.71. The van der Waals surface area contributed by atoms with Crippen molar-refractivity contribution < 1.29 is 9.53 Å². The molecular weight excluding hydrogens is 356 g/mol. The van der Waals surface area contributed by atoms with Gasteiger partial charge >= 0.3 is 0 Å². The highest BCUT2D eigenvalue weighted by Crippen LogP contribution is 2.19. The molecule has 28 heavy (non-hydrogen) atoms. The van der Waals surface area contributed by atoms with Gasteiger partial charge in [0.25, 0.3) is 5.91 Å². The van der Waals surface area contributed by atoms with Crippen LogP contribution in [0.4, 0.5) is 17.3 Å². The maximum absolute atomic E-state index is 12.6. The Bertz CT molecular complexity index is 799. The van der Waals surface area contributed by atoms with E-state index in [2.05, 4.69) is 37.0 Å². The van der Waals surface area contributed by atoms with E-state index in [9.17, 15) is 4.79 Å². The van der Waals surface area contributed by atoms with Crippen LogP contribution in [0.3, 0.4) is 0 Å². The highest BCUT2D eigenvalue weighted by molar-refractivity contribution is 6.04. The van der Waals surface area contributed by atoms with E-state index in [-0.39, 0.29) is 5.91 Å². The Morgan fingerprint density at radius 2 is 1.68 bits per heavy atom. The van der Waals surface area contributed by atoms with Crippen LogP contribution in [0, 0.1) is 0 Å². The number of likely N-dealkylation sites (N-methyl/N-ethyl adjacent to an activating group) is 1. The number of morpholine rings is 1. The number of nitrogens with one attached hydrogen (secondary N) is 1. The molecule has 0 unspecified atom stereocenters. The van der Waals surface area contributed by atoms with Crippen LogP contribution in [0.25, 0.3) is 0 Å². The number of carbonyl (C=O) groups excluding carboxylic acids is 1. The highest BCUT2D eigenvalue weighted by atomic mass is 16.5. The van der Waals surface area contributed by atoms with Crippen LogP contribution in [-0.2, 0) is 4.74 Å². The number of aromatic nitrogens is 2. The van der Waals surface area contributed by atoms with Gasteiger partial charge in [0, 0.05) is 56.6 Å². The normalized spacial score (nSPS) is 18.2. The smallest absolute Gasteiger partial charge is 0.256 e. The monoisotopic (exact) mass is 382 g/mol. The minimum absolute atomic E-state index is 0.170. The van der Waals surface area contributed by atoms with E-state index in [1.165, 1.54) is 6.33 Å². The van der Waals surface area contributed by atoms with Crippen molar-refractivity contribution in [2.24, 2.45) is 0 Å². The number of carbonyl (C=O) groups is 1. The SMILES string of the molecule is CN1CCN(c2cc(NC(=O)c3ccc(N4CCOCC4)cc3)ncn2)CC1. The third-order valence-electron chi connectivity index (χ3n) is 5.23. The van der Waals surface area contributed by atoms with Crippen molar-refractivity contribution >= 4 is 23.2 Å². The minimum atomic E-state index is -0.170. The van der Waals surface area contributed by atoms with Crippen LogP contribution in [0.5, 0.6) is 0 Å². The zero-order valence-electron chi connectivity index (χ0n) is 16.2. The van der Waals surface area contributed by atoms with Crippen molar-refractivity contribution in [1.29, 1.82) is 0 Å². The molecule has 2 saturated heterocycles. The predicted molar refractivity (Wildman–Crippen MR) is 109 cm³/mol. The van der Waals surface area contributed by atoms with Crippen LogP contribution < -0.4 is 15.1 Å². The fourth-order valence-electron chi connectivity index (χ4n) is 3.46. The van der Waals surface area contributed by atoms with E-state index in [1.807, 2.05) is 30.3 Å². The van der Waals surface area contributed by atoms with Crippen LogP contribution in [0.15, 0.2) is 36.7 Å². The molecule has 0 atom stereocenters. The first kappa shape index (κ1) is 18.6. The van der Waals surface area contributed by atoms with Crippen LogP contribution >= 0.6 is 0 Å². The first-order valence-corrected chi connectivity index (χ1v) is 9.69. The molecule has 1 aromatic carbocycles. The first-order chi connectivity index (χ1) is 13.7. The van der Waals surface area contributed by atoms with Crippen LogP contribution in [-0.4, -0.2) is 80.3 Å². The Labute approximate surface area is 165 Å². The molecule has 2 aromatic rings. The maximum atomic E-state index is 12.6. The lowest BCUT2D eigenvalue weighted by Crippen LogP contribution is -2.44. The molecular formula is C20H26N6O2. The average molecular weight is 382 g/mol. The molecule has 0 aliphatic carbocycles. The van der Waals surface area contributed by atoms with E-state index >= 15 is 0 Å². The van der Waals surface area contributed by atoms with Crippen molar-refractivity contribution in [3.63, 3.8) is 0 Å². The summed E-state index contributed by atoms with van der Waals surface area (Å²) in [7, 11) is 2.12. The van der Waals surface area contributed by atoms with Gasteiger partial charge in [-0.15, -0.1) is 0 Å². The molecule has 4 rings (SSSR count). The topological polar surface area (TPSA) is 73.8 Å². The van der Waals surface area contributed by atoms with E-state index in [0.29, 0.717) is 11.4 Å². The number of rotatable bonds is 4. The van der Waals surface area contributed by atoms with E-state index in [0.717, 1.165) is 64.0 Å². The molecule has 2 aliphatic heterocycles. The molecule has 2 aliphatic rings. The summed E-state index contributed by atoms with van der Waals surface area (Å²) in [5.74, 6) is 1.20. The van der Waals surface area contributed by atoms with Crippen molar-refractivity contribution in [2.75, 3.05) is 74.6 Å². The summed E-state index contributed by atoms with van der Waals surface area (Å²) < 4.78 is 5.38. The molecule has 0 radical (unpaired) electrons. The predicted octanol–water partition coefficient (Wildman–Crippen LogP) is 1.32. The molecule has 2 fully saturated rings. The summed E-state index contributed by atoms with van der Waals surface area (Å²) in [4.78, 5) is 27.9.